The van der Waals surface area contributed by atoms with Crippen LogP contribution in [0.3, 0.4) is 0 Å². The summed E-state index contributed by atoms with van der Waals surface area (Å²) < 4.78 is 2.31. The summed E-state index contributed by atoms with van der Waals surface area (Å²) in [5, 5.41) is 4.63. The topological polar surface area (TPSA) is 15.0 Å². The van der Waals surface area contributed by atoms with Gasteiger partial charge in [0.15, 0.2) is 5.71 Å². The normalized spacial score (nSPS) is 26.4. The highest BCUT2D eigenvalue weighted by molar-refractivity contribution is 6.33. The van der Waals surface area contributed by atoms with Crippen molar-refractivity contribution in [1.29, 1.82) is 0 Å². The Hall–Kier alpha value is -2.58. The molecule has 1 unspecified atom stereocenters. The number of rotatable bonds is 4. The molecule has 0 aromatic heterocycles. The predicted octanol–water partition coefficient (Wildman–Crippen LogP) is 7.62. The van der Waals surface area contributed by atoms with Crippen LogP contribution < -0.4 is 5.32 Å². The number of para-hydroxylation sites is 1. The van der Waals surface area contributed by atoms with Crippen molar-refractivity contribution in [2.75, 3.05) is 7.05 Å². The fourth-order valence-corrected chi connectivity index (χ4v) is 6.38. The van der Waals surface area contributed by atoms with Gasteiger partial charge in [-0.15, -0.1) is 0 Å². The third-order valence-corrected chi connectivity index (χ3v) is 8.73. The van der Waals surface area contributed by atoms with Crippen molar-refractivity contribution in [3.8, 4) is 0 Å². The van der Waals surface area contributed by atoms with E-state index in [2.05, 4.69) is 111 Å². The van der Waals surface area contributed by atoms with Gasteiger partial charge in [-0.2, -0.15) is 4.58 Å². The summed E-state index contributed by atoms with van der Waals surface area (Å²) in [6, 6.07) is 9.01. The van der Waals surface area contributed by atoms with Crippen LogP contribution in [0.1, 0.15) is 58.9 Å². The van der Waals surface area contributed by atoms with Gasteiger partial charge in [-0.1, -0.05) is 74.0 Å². The highest BCUT2D eigenvalue weighted by atomic mass is 35.5. The van der Waals surface area contributed by atoms with E-state index >= 15 is 0 Å². The van der Waals surface area contributed by atoms with E-state index in [1.165, 1.54) is 33.8 Å². The van der Waals surface area contributed by atoms with E-state index in [0.717, 1.165) is 30.7 Å². The second-order valence-corrected chi connectivity index (χ2v) is 11.4. The zero-order valence-corrected chi connectivity index (χ0v) is 21.8. The molecule has 1 N–H and O–H groups in total. The van der Waals surface area contributed by atoms with Crippen molar-refractivity contribution < 1.29 is 4.58 Å². The Balaban J connectivity index is 1.32. The molecule has 3 heteroatoms. The third-order valence-electron chi connectivity index (χ3n) is 8.25. The van der Waals surface area contributed by atoms with Gasteiger partial charge in [0.05, 0.1) is 11.5 Å². The largest absolute Gasteiger partial charge is 0.378 e. The number of halogens is 1. The zero-order chi connectivity index (χ0) is 24.1. The number of fused-ring (bicyclic) bond motifs is 1. The molecule has 2 heterocycles. The van der Waals surface area contributed by atoms with E-state index in [4.69, 9.17) is 11.6 Å². The van der Waals surface area contributed by atoms with E-state index in [1.807, 2.05) is 0 Å². The minimum absolute atomic E-state index is 0.0155. The molecule has 0 spiro atoms. The SMILES string of the molecule is C[N+]1=C(/C=C/C2=C(Cl)C(=C/C=C/C3NC4=C(CCC=C4)C3(C)C)/CC2)C(C)(C)c2ccccc21. The van der Waals surface area contributed by atoms with Crippen LogP contribution in [0.5, 0.6) is 0 Å². The van der Waals surface area contributed by atoms with Gasteiger partial charge in [0.2, 0.25) is 5.69 Å². The molecule has 2 aliphatic carbocycles. The lowest BCUT2D eigenvalue weighted by Gasteiger charge is -2.28. The lowest BCUT2D eigenvalue weighted by Crippen LogP contribution is -2.32. The highest BCUT2D eigenvalue weighted by Crippen LogP contribution is 2.43. The predicted molar refractivity (Wildman–Crippen MR) is 145 cm³/mol. The second kappa shape index (κ2) is 8.57. The fraction of sp³-hybridized carbons (Fsp3) is 0.387. The Bertz CT molecular complexity index is 1240. The summed E-state index contributed by atoms with van der Waals surface area (Å²) in [6.07, 6.45) is 20.1. The van der Waals surface area contributed by atoms with Gasteiger partial charge in [-0.3, -0.25) is 0 Å². The summed E-state index contributed by atoms with van der Waals surface area (Å²) in [5.41, 5.74) is 9.46. The van der Waals surface area contributed by atoms with E-state index < -0.39 is 0 Å². The molecule has 2 aliphatic heterocycles. The van der Waals surface area contributed by atoms with E-state index in [-0.39, 0.29) is 10.8 Å². The molecule has 2 nitrogen and oxygen atoms in total. The molecule has 0 fully saturated rings. The van der Waals surface area contributed by atoms with Gasteiger partial charge in [0.1, 0.15) is 7.05 Å². The van der Waals surface area contributed by atoms with Crippen LogP contribution in [0.2, 0.25) is 0 Å². The maximum Gasteiger partial charge on any atom is 0.209 e. The third kappa shape index (κ3) is 3.77. The first kappa shape index (κ1) is 23.2. The first-order chi connectivity index (χ1) is 16.2. The molecular formula is C31H36ClN2+. The molecule has 1 aromatic carbocycles. The van der Waals surface area contributed by atoms with Gasteiger partial charge in [0.25, 0.3) is 0 Å². The number of hydrogen-bond acceptors (Lipinski definition) is 1. The standard InChI is InChI=1S/C31H36ClN2/c1-30(2)23-12-6-8-14-25(23)33-27(30)16-10-11-21-17-18-22(29(21)32)19-20-28-31(3,4)24-13-7-9-15-26(24)34(28)5/h7-11,13-16,19-20,27,33H,6,12,17-18H2,1-5H3/q+1/b16-10+,20-19+,21-11+. The summed E-state index contributed by atoms with van der Waals surface area (Å²) in [5.74, 6) is 0. The van der Waals surface area contributed by atoms with Crippen LogP contribution >= 0.6 is 11.6 Å². The van der Waals surface area contributed by atoms with Crippen molar-refractivity contribution in [2.24, 2.45) is 5.41 Å². The summed E-state index contributed by atoms with van der Waals surface area (Å²) in [6.45, 7) is 9.31. The molecule has 0 radical (unpaired) electrons. The van der Waals surface area contributed by atoms with Crippen molar-refractivity contribution in [3.63, 3.8) is 0 Å². The molecule has 0 amide bonds. The molecular weight excluding hydrogens is 436 g/mol. The van der Waals surface area contributed by atoms with Crippen LogP contribution in [0.15, 0.2) is 94.2 Å². The quantitative estimate of drug-likeness (QED) is 0.446. The van der Waals surface area contributed by atoms with Crippen LogP contribution in [-0.2, 0) is 5.41 Å². The molecule has 1 aromatic rings. The van der Waals surface area contributed by atoms with Gasteiger partial charge >= 0.3 is 0 Å². The Morgan fingerprint density at radius 1 is 1.06 bits per heavy atom. The first-order valence-corrected chi connectivity index (χ1v) is 12.9. The molecule has 1 atom stereocenters. The molecule has 0 saturated heterocycles. The van der Waals surface area contributed by atoms with Gasteiger partial charge in [0, 0.05) is 33.9 Å². The molecule has 4 aliphatic rings. The van der Waals surface area contributed by atoms with Crippen molar-refractivity contribution >= 4 is 23.0 Å². The van der Waals surface area contributed by atoms with Crippen LogP contribution in [0.25, 0.3) is 0 Å². The molecule has 0 saturated carbocycles. The van der Waals surface area contributed by atoms with E-state index in [1.54, 1.807) is 5.57 Å². The lowest BCUT2D eigenvalue weighted by atomic mass is 9.77. The zero-order valence-electron chi connectivity index (χ0n) is 21.1. The second-order valence-electron chi connectivity index (χ2n) is 11.0. The molecule has 34 heavy (non-hydrogen) atoms. The van der Waals surface area contributed by atoms with Crippen molar-refractivity contribution in [2.45, 2.75) is 64.8 Å². The number of benzene rings is 1. The average Bonchev–Trinajstić information content (AvgIpc) is 3.36. The van der Waals surface area contributed by atoms with Gasteiger partial charge in [-0.05, 0) is 62.3 Å². The number of hydrogen-bond donors (Lipinski definition) is 1. The Morgan fingerprint density at radius 2 is 1.85 bits per heavy atom. The Labute approximate surface area is 209 Å². The Morgan fingerprint density at radius 3 is 2.62 bits per heavy atom. The minimum Gasteiger partial charge on any atom is -0.378 e. The molecule has 0 bridgehead atoms. The average molecular weight is 472 g/mol. The van der Waals surface area contributed by atoms with Gasteiger partial charge in [-0.25, -0.2) is 0 Å². The smallest absolute Gasteiger partial charge is 0.209 e. The first-order valence-electron chi connectivity index (χ1n) is 12.5. The number of allylic oxidation sites excluding steroid dienone is 9. The maximum absolute atomic E-state index is 6.85. The molecule has 176 valence electrons. The van der Waals surface area contributed by atoms with Crippen LogP contribution in [0, 0.1) is 5.41 Å². The van der Waals surface area contributed by atoms with Gasteiger partial charge < -0.3 is 5.32 Å². The summed E-state index contributed by atoms with van der Waals surface area (Å²) in [4.78, 5) is 0. The van der Waals surface area contributed by atoms with Crippen LogP contribution in [0.4, 0.5) is 5.69 Å². The Kier molecular flexibility index (Phi) is 5.84. The van der Waals surface area contributed by atoms with Crippen molar-refractivity contribution in [1.82, 2.24) is 5.32 Å². The van der Waals surface area contributed by atoms with E-state index in [0.29, 0.717) is 6.04 Å². The minimum atomic E-state index is -0.0155. The molecule has 5 rings (SSSR count). The summed E-state index contributed by atoms with van der Waals surface area (Å²) in [7, 11) is 2.16. The summed E-state index contributed by atoms with van der Waals surface area (Å²) >= 11 is 6.85. The number of nitrogens with one attached hydrogen (secondary N) is 1. The monoisotopic (exact) mass is 471 g/mol. The van der Waals surface area contributed by atoms with E-state index in [9.17, 15) is 0 Å². The van der Waals surface area contributed by atoms with Crippen molar-refractivity contribution in [3.05, 3.63) is 99.8 Å². The maximum atomic E-state index is 6.85. The van der Waals surface area contributed by atoms with Crippen LogP contribution in [-0.4, -0.2) is 23.4 Å². The highest BCUT2D eigenvalue weighted by Gasteiger charge is 2.42. The fourth-order valence-electron chi connectivity index (χ4n) is 6.07. The lowest BCUT2D eigenvalue weighted by molar-refractivity contribution is -0.401. The number of nitrogens with zero attached hydrogens (tertiary/aromatic N) is 1.